The van der Waals surface area contributed by atoms with Gasteiger partial charge in [-0.05, 0) is 42.3 Å². The molecule has 1 unspecified atom stereocenters. The second-order valence-corrected chi connectivity index (χ2v) is 6.31. The van der Waals surface area contributed by atoms with Gasteiger partial charge in [-0.15, -0.1) is 0 Å². The number of H-pyrrole nitrogens is 1. The molecule has 4 rings (SSSR count). The minimum atomic E-state index is -0.600. The van der Waals surface area contributed by atoms with Crippen LogP contribution in [0.2, 0.25) is 0 Å². The molecule has 1 atom stereocenters. The Labute approximate surface area is 160 Å². The van der Waals surface area contributed by atoms with Gasteiger partial charge in [0.15, 0.2) is 0 Å². The van der Waals surface area contributed by atoms with Gasteiger partial charge in [0.2, 0.25) is 5.95 Å². The van der Waals surface area contributed by atoms with Gasteiger partial charge in [0.1, 0.15) is 11.6 Å². The minimum Gasteiger partial charge on any atom is -0.453 e. The summed E-state index contributed by atoms with van der Waals surface area (Å²) in [4.78, 5) is 23.1. The van der Waals surface area contributed by atoms with E-state index in [-0.39, 0.29) is 11.9 Å². The quantitative estimate of drug-likeness (QED) is 0.561. The number of carbonyl (C=O) groups is 1. The molecular formula is C20H18FN5O2. The highest BCUT2D eigenvalue weighted by Gasteiger charge is 2.19. The first-order valence-corrected chi connectivity index (χ1v) is 8.64. The van der Waals surface area contributed by atoms with Crippen molar-refractivity contribution in [2.24, 2.45) is 0 Å². The number of rotatable bonds is 4. The van der Waals surface area contributed by atoms with E-state index in [2.05, 4.69) is 25.0 Å². The maximum Gasteiger partial charge on any atom is 0.413 e. The van der Waals surface area contributed by atoms with Gasteiger partial charge in [0.05, 0.1) is 24.2 Å². The van der Waals surface area contributed by atoms with Crippen LogP contribution in [-0.4, -0.2) is 32.7 Å². The van der Waals surface area contributed by atoms with Gasteiger partial charge in [0, 0.05) is 12.4 Å². The number of ether oxygens (including phenoxy) is 1. The monoisotopic (exact) mass is 379 g/mol. The van der Waals surface area contributed by atoms with Crippen molar-refractivity contribution in [3.8, 4) is 0 Å². The first-order valence-electron chi connectivity index (χ1n) is 8.64. The summed E-state index contributed by atoms with van der Waals surface area (Å²) in [5.74, 6) is 0.857. The van der Waals surface area contributed by atoms with Crippen molar-refractivity contribution < 1.29 is 13.9 Å². The predicted octanol–water partition coefficient (Wildman–Crippen LogP) is 4.02. The number of aryl methyl sites for hydroxylation is 1. The molecular weight excluding hydrogens is 361 g/mol. The number of hydrogen-bond donors (Lipinski definition) is 2. The first kappa shape index (κ1) is 17.7. The average molecular weight is 379 g/mol. The molecule has 0 saturated heterocycles. The number of nitrogens with one attached hydrogen (secondary N) is 2. The molecule has 7 nitrogen and oxygen atoms in total. The van der Waals surface area contributed by atoms with Gasteiger partial charge in [-0.3, -0.25) is 5.32 Å². The number of imidazole rings is 2. The van der Waals surface area contributed by atoms with Crippen LogP contribution in [0.15, 0.2) is 54.9 Å². The van der Waals surface area contributed by atoms with Gasteiger partial charge < -0.3 is 14.3 Å². The second kappa shape index (κ2) is 7.15. The van der Waals surface area contributed by atoms with Gasteiger partial charge in [-0.1, -0.05) is 18.2 Å². The third kappa shape index (κ3) is 3.32. The lowest BCUT2D eigenvalue weighted by molar-refractivity contribution is 0.186. The largest absolute Gasteiger partial charge is 0.453 e. The zero-order chi connectivity index (χ0) is 19.7. The maximum atomic E-state index is 13.4. The molecule has 0 fully saturated rings. The molecule has 28 heavy (non-hydrogen) atoms. The lowest BCUT2D eigenvalue weighted by Gasteiger charge is -2.21. The summed E-state index contributed by atoms with van der Waals surface area (Å²) in [5.41, 5.74) is 3.35. The topological polar surface area (TPSA) is 84.8 Å². The fraction of sp³-hybridized carbons (Fsp3) is 0.150. The lowest BCUT2D eigenvalue weighted by atomic mass is 9.97. The fourth-order valence-electron chi connectivity index (χ4n) is 3.22. The Kier molecular flexibility index (Phi) is 4.52. The van der Waals surface area contributed by atoms with Crippen molar-refractivity contribution in [3.63, 3.8) is 0 Å². The van der Waals surface area contributed by atoms with Crippen LogP contribution in [0.1, 0.15) is 23.0 Å². The van der Waals surface area contributed by atoms with Crippen LogP contribution in [-0.2, 0) is 4.74 Å². The lowest BCUT2D eigenvalue weighted by Crippen LogP contribution is -2.13. The summed E-state index contributed by atoms with van der Waals surface area (Å²) in [6.07, 6.45) is 3.03. The molecule has 0 bridgehead atoms. The van der Waals surface area contributed by atoms with Gasteiger partial charge in [-0.25, -0.2) is 19.2 Å². The van der Waals surface area contributed by atoms with Crippen molar-refractivity contribution in [1.82, 2.24) is 19.5 Å². The summed E-state index contributed by atoms with van der Waals surface area (Å²) < 4.78 is 20.1. The molecule has 2 aromatic carbocycles. The zero-order valence-corrected chi connectivity index (χ0v) is 15.3. The highest BCUT2D eigenvalue weighted by Crippen LogP contribution is 2.30. The number of aromatic nitrogens is 4. The number of amides is 1. The predicted molar refractivity (Wildman–Crippen MR) is 103 cm³/mol. The molecule has 1 amide bonds. The second-order valence-electron chi connectivity index (χ2n) is 6.31. The molecule has 2 aromatic heterocycles. The van der Waals surface area contributed by atoms with E-state index in [1.807, 2.05) is 35.9 Å². The number of benzene rings is 2. The van der Waals surface area contributed by atoms with E-state index in [9.17, 15) is 9.18 Å². The van der Waals surface area contributed by atoms with Crippen LogP contribution in [0.25, 0.3) is 11.0 Å². The van der Waals surface area contributed by atoms with E-state index in [1.165, 1.54) is 19.2 Å². The van der Waals surface area contributed by atoms with E-state index in [0.29, 0.717) is 11.5 Å². The van der Waals surface area contributed by atoms with Crippen molar-refractivity contribution in [2.75, 3.05) is 12.4 Å². The van der Waals surface area contributed by atoms with E-state index in [4.69, 9.17) is 0 Å². The molecule has 0 aliphatic carbocycles. The Hall–Kier alpha value is -3.68. The van der Waals surface area contributed by atoms with E-state index >= 15 is 0 Å². The SMILES string of the molecule is COC(=O)Nc1nc2ccc(C(c3ccc(F)cc3)n3ccnc3C)cc2[nH]1. The Morgan fingerprint density at radius 3 is 2.64 bits per heavy atom. The van der Waals surface area contributed by atoms with Gasteiger partial charge >= 0.3 is 6.09 Å². The zero-order valence-electron chi connectivity index (χ0n) is 15.3. The number of anilines is 1. The first-order chi connectivity index (χ1) is 13.5. The standard InChI is InChI=1S/C20H18FN5O2/c1-12-22-9-10-26(12)18(13-3-6-15(21)7-4-13)14-5-8-16-17(11-14)24-19(23-16)25-20(27)28-2/h3-11,18H,1-2H3,(H2,23,24,25,27). The van der Waals surface area contributed by atoms with Crippen LogP contribution < -0.4 is 5.32 Å². The molecule has 8 heteroatoms. The van der Waals surface area contributed by atoms with Crippen LogP contribution in [0, 0.1) is 12.7 Å². The highest BCUT2D eigenvalue weighted by atomic mass is 19.1. The summed E-state index contributed by atoms with van der Waals surface area (Å²) in [6, 6.07) is 12.0. The number of methoxy groups -OCH3 is 1. The summed E-state index contributed by atoms with van der Waals surface area (Å²) in [5, 5.41) is 2.52. The number of nitrogens with zero attached hydrogens (tertiary/aromatic N) is 3. The summed E-state index contributed by atoms with van der Waals surface area (Å²) >= 11 is 0. The van der Waals surface area contributed by atoms with E-state index in [1.54, 1.807) is 18.3 Å². The summed E-state index contributed by atoms with van der Waals surface area (Å²) in [7, 11) is 1.29. The number of fused-ring (bicyclic) bond motifs is 1. The Morgan fingerprint density at radius 2 is 1.96 bits per heavy atom. The Bertz CT molecular complexity index is 1130. The molecule has 4 aromatic rings. The third-order valence-electron chi connectivity index (χ3n) is 4.55. The highest BCUT2D eigenvalue weighted by molar-refractivity contribution is 5.86. The van der Waals surface area contributed by atoms with Crippen molar-refractivity contribution in [3.05, 3.63) is 77.6 Å². The molecule has 0 saturated carbocycles. The van der Waals surface area contributed by atoms with Gasteiger partial charge in [-0.2, -0.15) is 0 Å². The maximum absolute atomic E-state index is 13.4. The average Bonchev–Trinajstić information content (AvgIpc) is 3.29. The smallest absolute Gasteiger partial charge is 0.413 e. The normalized spacial score (nSPS) is 12.1. The molecule has 0 spiro atoms. The van der Waals surface area contributed by atoms with Crippen LogP contribution in [0.5, 0.6) is 0 Å². The Balaban J connectivity index is 1.79. The number of carbonyl (C=O) groups excluding carboxylic acids is 1. The summed E-state index contributed by atoms with van der Waals surface area (Å²) in [6.45, 7) is 1.92. The van der Waals surface area contributed by atoms with Gasteiger partial charge in [0.25, 0.3) is 0 Å². The molecule has 0 aliphatic heterocycles. The van der Waals surface area contributed by atoms with Crippen LogP contribution in [0.3, 0.4) is 0 Å². The molecule has 2 N–H and O–H groups in total. The van der Waals surface area contributed by atoms with Crippen LogP contribution >= 0.6 is 0 Å². The molecule has 0 radical (unpaired) electrons. The van der Waals surface area contributed by atoms with Crippen molar-refractivity contribution >= 4 is 23.1 Å². The number of hydrogen-bond acceptors (Lipinski definition) is 4. The molecule has 0 aliphatic rings. The fourth-order valence-corrected chi connectivity index (χ4v) is 3.22. The van der Waals surface area contributed by atoms with Crippen LogP contribution in [0.4, 0.5) is 15.1 Å². The van der Waals surface area contributed by atoms with Crippen molar-refractivity contribution in [2.45, 2.75) is 13.0 Å². The van der Waals surface area contributed by atoms with Crippen molar-refractivity contribution in [1.29, 1.82) is 0 Å². The van der Waals surface area contributed by atoms with E-state index < -0.39 is 6.09 Å². The minimum absolute atomic E-state index is 0.187. The third-order valence-corrected chi connectivity index (χ3v) is 4.55. The molecule has 2 heterocycles. The van der Waals surface area contributed by atoms with E-state index in [0.717, 1.165) is 22.5 Å². The number of aromatic amines is 1. The molecule has 142 valence electrons. The number of halogens is 1. The Morgan fingerprint density at radius 1 is 1.21 bits per heavy atom.